The van der Waals surface area contributed by atoms with Crippen LogP contribution in [0, 0.1) is 23.7 Å². The fraction of sp³-hybridized carbons (Fsp3) is 0.765. The van der Waals surface area contributed by atoms with Crippen LogP contribution in [0.4, 0.5) is 0 Å². The molecule has 1 N–H and O–H groups in total. The molecule has 0 spiro atoms. The summed E-state index contributed by atoms with van der Waals surface area (Å²) in [6, 6.07) is 0. The summed E-state index contributed by atoms with van der Waals surface area (Å²) in [5, 5.41) is 9.55. The second kappa shape index (κ2) is 6.55. The summed E-state index contributed by atoms with van der Waals surface area (Å²) in [5.41, 5.74) is 0. The molecule has 20 heavy (non-hydrogen) atoms. The maximum Gasteiger partial charge on any atom is 0.147 e. The van der Waals surface area contributed by atoms with Crippen molar-refractivity contribution in [2.75, 3.05) is 0 Å². The number of aliphatic hydroxyl groups is 1. The van der Waals surface area contributed by atoms with Gasteiger partial charge in [-0.15, -0.1) is 0 Å². The minimum absolute atomic E-state index is 0.0859. The second-order valence-electron chi connectivity index (χ2n) is 6.53. The lowest BCUT2D eigenvalue weighted by Gasteiger charge is -2.19. The van der Waals surface area contributed by atoms with E-state index in [1.807, 2.05) is 0 Å². The van der Waals surface area contributed by atoms with Crippen molar-refractivity contribution in [2.24, 2.45) is 23.7 Å². The minimum atomic E-state index is -0.391. The summed E-state index contributed by atoms with van der Waals surface area (Å²) in [4.78, 5) is 24.7. The molecular formula is C17H26O3. The van der Waals surface area contributed by atoms with E-state index in [1.54, 1.807) is 6.08 Å². The van der Waals surface area contributed by atoms with Crippen LogP contribution < -0.4 is 0 Å². The van der Waals surface area contributed by atoms with E-state index in [0.717, 1.165) is 12.8 Å². The van der Waals surface area contributed by atoms with Crippen LogP contribution >= 0.6 is 0 Å². The Morgan fingerprint density at radius 2 is 1.95 bits per heavy atom. The molecular weight excluding hydrogens is 252 g/mol. The summed E-state index contributed by atoms with van der Waals surface area (Å²) in [7, 11) is 0. The Morgan fingerprint density at radius 1 is 1.25 bits per heavy atom. The fourth-order valence-electron chi connectivity index (χ4n) is 3.74. The third-order valence-corrected chi connectivity index (χ3v) is 4.91. The van der Waals surface area contributed by atoms with Crippen LogP contribution in [0.3, 0.4) is 0 Å². The number of hydrogen-bond donors (Lipinski definition) is 1. The molecule has 0 aliphatic heterocycles. The van der Waals surface area contributed by atoms with Gasteiger partial charge in [0.05, 0.1) is 11.7 Å². The van der Waals surface area contributed by atoms with Gasteiger partial charge in [0.2, 0.25) is 0 Å². The molecule has 2 aliphatic rings. The molecule has 0 aromatic carbocycles. The number of carbonyl (C=O) groups excluding carboxylic acids is 2. The van der Waals surface area contributed by atoms with E-state index in [-0.39, 0.29) is 29.2 Å². The van der Waals surface area contributed by atoms with Crippen molar-refractivity contribution in [3.63, 3.8) is 0 Å². The van der Waals surface area contributed by atoms with E-state index in [1.165, 1.54) is 12.8 Å². The summed E-state index contributed by atoms with van der Waals surface area (Å²) in [5.74, 6) is 0.388. The Labute approximate surface area is 121 Å². The number of fused-ring (bicyclic) bond motifs is 1. The van der Waals surface area contributed by atoms with Gasteiger partial charge < -0.3 is 5.11 Å². The molecule has 4 unspecified atom stereocenters. The van der Waals surface area contributed by atoms with Crippen molar-refractivity contribution in [3.05, 3.63) is 11.8 Å². The van der Waals surface area contributed by atoms with Gasteiger partial charge in [-0.3, -0.25) is 9.59 Å². The SMILES string of the molecule is CCCC(C)CCCC1C(=O)C2CC=C(O)CC2C1=O. The third kappa shape index (κ3) is 3.13. The quantitative estimate of drug-likeness (QED) is 0.751. The Balaban J connectivity index is 1.88. The van der Waals surface area contributed by atoms with Gasteiger partial charge in [-0.05, 0) is 24.8 Å². The standard InChI is InChI=1S/C17H26O3/c1-3-5-11(2)6-4-7-14-16(19)13-9-8-12(18)10-15(13)17(14)20/h8,11,13-15,18H,3-7,9-10H2,1-2H3. The van der Waals surface area contributed by atoms with Crippen molar-refractivity contribution in [2.45, 2.75) is 58.8 Å². The average Bonchev–Trinajstić information content (AvgIpc) is 2.63. The van der Waals surface area contributed by atoms with Crippen LogP contribution in [0.25, 0.3) is 0 Å². The molecule has 0 aromatic rings. The number of aliphatic hydroxyl groups excluding tert-OH is 1. The highest BCUT2D eigenvalue weighted by molar-refractivity contribution is 6.11. The van der Waals surface area contributed by atoms with Gasteiger partial charge in [0, 0.05) is 18.3 Å². The third-order valence-electron chi connectivity index (χ3n) is 4.91. The monoisotopic (exact) mass is 278 g/mol. The van der Waals surface area contributed by atoms with Crippen LogP contribution in [0.15, 0.2) is 11.8 Å². The number of allylic oxidation sites excluding steroid dienone is 2. The van der Waals surface area contributed by atoms with Gasteiger partial charge in [-0.2, -0.15) is 0 Å². The zero-order valence-electron chi connectivity index (χ0n) is 12.6. The molecule has 0 amide bonds. The van der Waals surface area contributed by atoms with E-state index in [4.69, 9.17) is 0 Å². The van der Waals surface area contributed by atoms with Crippen LogP contribution in [0.1, 0.15) is 58.8 Å². The molecule has 1 saturated carbocycles. The van der Waals surface area contributed by atoms with Gasteiger partial charge in [0.25, 0.3) is 0 Å². The molecule has 1 fully saturated rings. The normalized spacial score (nSPS) is 31.1. The molecule has 0 saturated heterocycles. The summed E-state index contributed by atoms with van der Waals surface area (Å²) in [6.07, 6.45) is 7.80. The first-order valence-electron chi connectivity index (χ1n) is 8.00. The predicted octanol–water partition coefficient (Wildman–Crippen LogP) is 3.83. The van der Waals surface area contributed by atoms with Crippen molar-refractivity contribution in [3.8, 4) is 0 Å². The Kier molecular flexibility index (Phi) is 5.00. The van der Waals surface area contributed by atoms with Gasteiger partial charge >= 0.3 is 0 Å². The fourth-order valence-corrected chi connectivity index (χ4v) is 3.74. The van der Waals surface area contributed by atoms with Gasteiger partial charge in [-0.1, -0.05) is 39.5 Å². The number of carbonyl (C=O) groups is 2. The van der Waals surface area contributed by atoms with Crippen molar-refractivity contribution >= 4 is 11.6 Å². The molecule has 112 valence electrons. The molecule has 0 aromatic heterocycles. The van der Waals surface area contributed by atoms with Gasteiger partial charge in [0.1, 0.15) is 11.6 Å². The Bertz CT molecular complexity index is 410. The average molecular weight is 278 g/mol. The number of hydrogen-bond acceptors (Lipinski definition) is 3. The molecule has 4 atom stereocenters. The first-order chi connectivity index (χ1) is 9.54. The minimum Gasteiger partial charge on any atom is -0.513 e. The zero-order chi connectivity index (χ0) is 14.7. The Hall–Kier alpha value is -1.12. The number of rotatable bonds is 6. The van der Waals surface area contributed by atoms with Crippen molar-refractivity contribution in [1.29, 1.82) is 0 Å². The molecule has 3 nitrogen and oxygen atoms in total. The predicted molar refractivity (Wildman–Crippen MR) is 78.4 cm³/mol. The zero-order valence-corrected chi connectivity index (χ0v) is 12.6. The maximum absolute atomic E-state index is 12.3. The van der Waals surface area contributed by atoms with E-state index in [0.29, 0.717) is 25.2 Å². The van der Waals surface area contributed by atoms with Gasteiger partial charge in [0.15, 0.2) is 0 Å². The van der Waals surface area contributed by atoms with Crippen molar-refractivity contribution < 1.29 is 14.7 Å². The number of ketones is 2. The van der Waals surface area contributed by atoms with E-state index >= 15 is 0 Å². The Morgan fingerprint density at radius 3 is 2.65 bits per heavy atom. The lowest BCUT2D eigenvalue weighted by molar-refractivity contribution is -0.128. The van der Waals surface area contributed by atoms with Crippen molar-refractivity contribution in [1.82, 2.24) is 0 Å². The highest BCUT2D eigenvalue weighted by Crippen LogP contribution is 2.41. The number of Topliss-reactive ketones (excluding diaryl/α,β-unsaturated/α-hetero) is 2. The van der Waals surface area contributed by atoms with Crippen LogP contribution in [-0.2, 0) is 9.59 Å². The molecule has 0 radical (unpaired) electrons. The van der Waals surface area contributed by atoms with Crippen LogP contribution in [0.2, 0.25) is 0 Å². The molecule has 0 bridgehead atoms. The molecule has 0 heterocycles. The van der Waals surface area contributed by atoms with Gasteiger partial charge in [-0.25, -0.2) is 0 Å². The summed E-state index contributed by atoms with van der Waals surface area (Å²) < 4.78 is 0. The van der Waals surface area contributed by atoms with Crippen LogP contribution in [0.5, 0.6) is 0 Å². The topological polar surface area (TPSA) is 54.4 Å². The highest BCUT2D eigenvalue weighted by atomic mass is 16.3. The molecule has 3 heteroatoms. The first kappa shape index (κ1) is 15.3. The van der Waals surface area contributed by atoms with E-state index < -0.39 is 5.92 Å². The molecule has 2 rings (SSSR count). The largest absolute Gasteiger partial charge is 0.513 e. The second-order valence-corrected chi connectivity index (χ2v) is 6.53. The van der Waals surface area contributed by atoms with Crippen LogP contribution in [-0.4, -0.2) is 16.7 Å². The first-order valence-corrected chi connectivity index (χ1v) is 8.00. The maximum atomic E-state index is 12.3. The smallest absolute Gasteiger partial charge is 0.147 e. The molecule has 2 aliphatic carbocycles. The summed E-state index contributed by atoms with van der Waals surface area (Å²) in [6.45, 7) is 4.42. The van der Waals surface area contributed by atoms with E-state index in [9.17, 15) is 14.7 Å². The highest BCUT2D eigenvalue weighted by Gasteiger charge is 2.49. The summed E-state index contributed by atoms with van der Waals surface area (Å²) >= 11 is 0. The van der Waals surface area contributed by atoms with E-state index in [2.05, 4.69) is 13.8 Å². The lowest BCUT2D eigenvalue weighted by atomic mass is 9.84. The lowest BCUT2D eigenvalue weighted by Crippen LogP contribution is -2.21.